The van der Waals surface area contributed by atoms with E-state index >= 15 is 0 Å². The molecule has 2 aliphatic heterocycles. The molecule has 2 heterocycles. The molecule has 2 saturated heterocycles. The molecular formula is C17H25ClN2O3. The molecule has 0 radical (unpaired) electrons. The van der Waals surface area contributed by atoms with Crippen molar-refractivity contribution in [1.82, 2.24) is 10.2 Å². The number of hydrogen-bond donors (Lipinski definition) is 1. The van der Waals surface area contributed by atoms with Gasteiger partial charge >= 0.3 is 0 Å². The highest BCUT2D eigenvalue weighted by Gasteiger charge is 2.30. The van der Waals surface area contributed by atoms with E-state index in [0.29, 0.717) is 18.9 Å². The molecule has 0 spiro atoms. The van der Waals surface area contributed by atoms with Crippen molar-refractivity contribution < 1.29 is 14.3 Å². The summed E-state index contributed by atoms with van der Waals surface area (Å²) in [6, 6.07) is 8.27. The predicted molar refractivity (Wildman–Crippen MR) is 91.4 cm³/mol. The molecule has 2 aliphatic rings. The fourth-order valence-corrected chi connectivity index (χ4v) is 3.34. The molecule has 3 rings (SSSR count). The highest BCUT2D eigenvalue weighted by Crippen LogP contribution is 2.33. The third-order valence-corrected chi connectivity index (χ3v) is 4.54. The molecule has 1 amide bonds. The van der Waals surface area contributed by atoms with Crippen LogP contribution in [0, 0.1) is 0 Å². The van der Waals surface area contributed by atoms with Crippen LogP contribution >= 0.6 is 12.4 Å². The van der Waals surface area contributed by atoms with E-state index in [2.05, 4.69) is 11.4 Å². The third-order valence-electron chi connectivity index (χ3n) is 4.54. The van der Waals surface area contributed by atoms with Crippen LogP contribution < -0.4 is 10.1 Å². The summed E-state index contributed by atoms with van der Waals surface area (Å²) in [5.41, 5.74) is 1.21. The first kappa shape index (κ1) is 18.0. The summed E-state index contributed by atoms with van der Waals surface area (Å²) in [6.45, 7) is 3.82. The molecule has 128 valence electrons. The molecule has 6 heteroatoms. The minimum absolute atomic E-state index is 0. The van der Waals surface area contributed by atoms with Gasteiger partial charge in [-0.1, -0.05) is 18.2 Å². The van der Waals surface area contributed by atoms with Gasteiger partial charge in [-0.2, -0.15) is 0 Å². The van der Waals surface area contributed by atoms with Gasteiger partial charge in [-0.05, 0) is 18.1 Å². The summed E-state index contributed by atoms with van der Waals surface area (Å²) in [6.07, 6.45) is 1.53. The monoisotopic (exact) mass is 340 g/mol. The summed E-state index contributed by atoms with van der Waals surface area (Å²) in [7, 11) is 1.70. The molecular weight excluding hydrogens is 316 g/mol. The molecule has 2 atom stereocenters. The maximum Gasteiger partial charge on any atom is 0.224 e. The number of morpholine rings is 1. The first-order valence-corrected chi connectivity index (χ1v) is 7.99. The lowest BCUT2D eigenvalue weighted by Gasteiger charge is -2.25. The van der Waals surface area contributed by atoms with Crippen molar-refractivity contribution in [2.45, 2.75) is 24.8 Å². The van der Waals surface area contributed by atoms with Gasteiger partial charge in [0.25, 0.3) is 0 Å². The SMILES string of the molecule is COc1ccccc1C1CCN(C(=O)CC2COCCN2)C1.Cl. The van der Waals surface area contributed by atoms with Gasteiger partial charge < -0.3 is 19.7 Å². The molecule has 23 heavy (non-hydrogen) atoms. The Morgan fingerprint density at radius 3 is 3.00 bits per heavy atom. The number of amides is 1. The highest BCUT2D eigenvalue weighted by atomic mass is 35.5. The standard InChI is InChI=1S/C17H24N2O3.ClH/c1-21-16-5-3-2-4-15(16)13-6-8-19(11-13)17(20)10-14-12-22-9-7-18-14;/h2-5,13-14,18H,6-12H2,1H3;1H. The lowest BCUT2D eigenvalue weighted by Crippen LogP contribution is -2.44. The van der Waals surface area contributed by atoms with Crippen molar-refractivity contribution in [2.24, 2.45) is 0 Å². The van der Waals surface area contributed by atoms with Crippen LogP contribution in [0.5, 0.6) is 5.75 Å². The second kappa shape index (κ2) is 8.52. The largest absolute Gasteiger partial charge is 0.496 e. The molecule has 1 aromatic carbocycles. The van der Waals surface area contributed by atoms with E-state index in [1.807, 2.05) is 23.1 Å². The van der Waals surface area contributed by atoms with Crippen molar-refractivity contribution in [3.8, 4) is 5.75 Å². The van der Waals surface area contributed by atoms with E-state index in [4.69, 9.17) is 9.47 Å². The zero-order valence-electron chi connectivity index (χ0n) is 13.5. The van der Waals surface area contributed by atoms with Gasteiger partial charge in [0.1, 0.15) is 5.75 Å². The zero-order chi connectivity index (χ0) is 15.4. The first-order chi connectivity index (χ1) is 10.8. The maximum absolute atomic E-state index is 12.4. The number of rotatable bonds is 4. The van der Waals surface area contributed by atoms with Crippen LogP contribution in [0.25, 0.3) is 0 Å². The van der Waals surface area contributed by atoms with Crippen LogP contribution in [-0.4, -0.2) is 56.8 Å². The van der Waals surface area contributed by atoms with Gasteiger partial charge in [0.2, 0.25) is 5.91 Å². The van der Waals surface area contributed by atoms with E-state index in [9.17, 15) is 4.79 Å². The highest BCUT2D eigenvalue weighted by molar-refractivity contribution is 5.85. The Hall–Kier alpha value is -1.30. The Balaban J connectivity index is 0.00000192. The molecule has 0 saturated carbocycles. The van der Waals surface area contributed by atoms with Crippen LogP contribution in [0.2, 0.25) is 0 Å². The Labute approximate surface area is 143 Å². The Bertz CT molecular complexity index is 520. The van der Waals surface area contributed by atoms with E-state index in [1.165, 1.54) is 5.56 Å². The second-order valence-electron chi connectivity index (χ2n) is 6.00. The summed E-state index contributed by atoms with van der Waals surface area (Å²) < 4.78 is 10.9. The number of methoxy groups -OCH3 is 1. The van der Waals surface area contributed by atoms with Gasteiger partial charge in [-0.3, -0.25) is 4.79 Å². The number of para-hydroxylation sites is 1. The fourth-order valence-electron chi connectivity index (χ4n) is 3.34. The summed E-state index contributed by atoms with van der Waals surface area (Å²) in [5, 5.41) is 3.34. The van der Waals surface area contributed by atoms with Crippen LogP contribution in [0.4, 0.5) is 0 Å². The lowest BCUT2D eigenvalue weighted by molar-refractivity contribution is -0.131. The van der Waals surface area contributed by atoms with E-state index in [1.54, 1.807) is 7.11 Å². The van der Waals surface area contributed by atoms with E-state index in [0.717, 1.165) is 38.4 Å². The first-order valence-electron chi connectivity index (χ1n) is 7.99. The van der Waals surface area contributed by atoms with E-state index < -0.39 is 0 Å². The molecule has 2 unspecified atom stereocenters. The number of carbonyl (C=O) groups excluding carboxylic acids is 1. The summed E-state index contributed by atoms with van der Waals surface area (Å²) >= 11 is 0. The molecule has 5 nitrogen and oxygen atoms in total. The van der Waals surface area contributed by atoms with Crippen molar-refractivity contribution in [2.75, 3.05) is 40.0 Å². The molecule has 0 bridgehead atoms. The average Bonchev–Trinajstić information content (AvgIpc) is 3.05. The smallest absolute Gasteiger partial charge is 0.224 e. The number of nitrogens with zero attached hydrogens (tertiary/aromatic N) is 1. The zero-order valence-corrected chi connectivity index (χ0v) is 14.3. The molecule has 2 fully saturated rings. The van der Waals surface area contributed by atoms with Crippen molar-refractivity contribution in [3.63, 3.8) is 0 Å². The average molecular weight is 341 g/mol. The third kappa shape index (κ3) is 4.37. The number of likely N-dealkylation sites (tertiary alicyclic amines) is 1. The fraction of sp³-hybridized carbons (Fsp3) is 0.588. The number of halogens is 1. The molecule has 0 aromatic heterocycles. The van der Waals surface area contributed by atoms with E-state index in [-0.39, 0.29) is 24.4 Å². The predicted octanol–water partition coefficient (Wildman–Crippen LogP) is 1.81. The van der Waals surface area contributed by atoms with Gasteiger partial charge in [0.05, 0.1) is 20.3 Å². The number of hydrogen-bond acceptors (Lipinski definition) is 4. The Morgan fingerprint density at radius 2 is 2.26 bits per heavy atom. The second-order valence-corrected chi connectivity index (χ2v) is 6.00. The minimum atomic E-state index is 0. The Kier molecular flexibility index (Phi) is 6.69. The number of ether oxygens (including phenoxy) is 2. The number of carbonyl (C=O) groups is 1. The Morgan fingerprint density at radius 1 is 1.43 bits per heavy atom. The van der Waals surface area contributed by atoms with Crippen LogP contribution in [0.3, 0.4) is 0 Å². The molecule has 0 aliphatic carbocycles. The normalized spacial score (nSPS) is 24.1. The summed E-state index contributed by atoms with van der Waals surface area (Å²) in [4.78, 5) is 14.4. The van der Waals surface area contributed by atoms with Crippen LogP contribution in [0.1, 0.15) is 24.3 Å². The van der Waals surface area contributed by atoms with Crippen molar-refractivity contribution in [1.29, 1.82) is 0 Å². The van der Waals surface area contributed by atoms with Crippen molar-refractivity contribution >= 4 is 18.3 Å². The summed E-state index contributed by atoms with van der Waals surface area (Å²) in [5.74, 6) is 1.51. The van der Waals surface area contributed by atoms with Crippen molar-refractivity contribution in [3.05, 3.63) is 29.8 Å². The lowest BCUT2D eigenvalue weighted by atomic mass is 9.97. The van der Waals surface area contributed by atoms with Crippen LogP contribution in [-0.2, 0) is 9.53 Å². The minimum Gasteiger partial charge on any atom is -0.496 e. The number of benzene rings is 1. The van der Waals surface area contributed by atoms with Gasteiger partial charge in [0.15, 0.2) is 0 Å². The van der Waals surface area contributed by atoms with Gasteiger partial charge in [-0.25, -0.2) is 0 Å². The maximum atomic E-state index is 12.4. The molecule has 1 N–H and O–H groups in total. The van der Waals surface area contributed by atoms with Gasteiger partial charge in [-0.15, -0.1) is 12.4 Å². The molecule has 1 aromatic rings. The topological polar surface area (TPSA) is 50.8 Å². The van der Waals surface area contributed by atoms with Crippen LogP contribution in [0.15, 0.2) is 24.3 Å². The quantitative estimate of drug-likeness (QED) is 0.908. The van der Waals surface area contributed by atoms with Gasteiger partial charge in [0, 0.05) is 38.0 Å². The number of nitrogens with one attached hydrogen (secondary N) is 1.